The monoisotopic (exact) mass is 233 g/mol. The van der Waals surface area contributed by atoms with Gasteiger partial charge in [0.25, 0.3) is 0 Å². The third-order valence-electron chi connectivity index (χ3n) is 2.89. The lowest BCUT2D eigenvalue weighted by Crippen LogP contribution is -2.11. The van der Waals surface area contributed by atoms with Gasteiger partial charge >= 0.3 is 0 Å². The average molecular weight is 233 g/mol. The van der Waals surface area contributed by atoms with E-state index in [9.17, 15) is 4.39 Å². The first kappa shape index (κ1) is 11.6. The minimum Gasteiger partial charge on any atom is -0.381 e. The molecule has 0 fully saturated rings. The molecular weight excluding hydrogens is 217 g/mol. The van der Waals surface area contributed by atoms with E-state index < -0.39 is 0 Å². The third kappa shape index (κ3) is 2.64. The number of halogens is 1. The number of nitrogens with one attached hydrogen (secondary N) is 1. The maximum atomic E-state index is 13.3. The number of anilines is 1. The van der Waals surface area contributed by atoms with Crippen LogP contribution in [-0.2, 0) is 6.54 Å². The van der Waals surface area contributed by atoms with Crippen LogP contribution >= 0.6 is 0 Å². The number of imidazole rings is 1. The maximum Gasteiger partial charge on any atom is 0.146 e. The fourth-order valence-corrected chi connectivity index (χ4v) is 1.69. The van der Waals surface area contributed by atoms with E-state index in [1.54, 1.807) is 12.1 Å². The van der Waals surface area contributed by atoms with Crippen LogP contribution < -0.4 is 5.32 Å². The van der Waals surface area contributed by atoms with E-state index in [-0.39, 0.29) is 5.82 Å². The van der Waals surface area contributed by atoms with Crippen molar-refractivity contribution < 1.29 is 4.39 Å². The summed E-state index contributed by atoms with van der Waals surface area (Å²) in [4.78, 5) is 4.22. The number of benzene rings is 1. The molecule has 4 heteroatoms. The molecule has 0 amide bonds. The fourth-order valence-electron chi connectivity index (χ4n) is 1.69. The summed E-state index contributed by atoms with van der Waals surface area (Å²) < 4.78 is 15.4. The molecular formula is C13H16FN3. The Balaban J connectivity index is 1.92. The summed E-state index contributed by atoms with van der Waals surface area (Å²) in [5.41, 5.74) is 2.73. The van der Waals surface area contributed by atoms with E-state index in [0.717, 1.165) is 17.9 Å². The molecule has 0 aliphatic carbocycles. The zero-order valence-corrected chi connectivity index (χ0v) is 10.1. The Labute approximate surface area is 100 Å². The van der Waals surface area contributed by atoms with E-state index >= 15 is 0 Å². The fraction of sp³-hybridized carbons (Fsp3) is 0.308. The van der Waals surface area contributed by atoms with Gasteiger partial charge in [0, 0.05) is 18.8 Å². The predicted octanol–water partition coefficient (Wildman–Crippen LogP) is 2.75. The molecule has 1 aromatic carbocycles. The molecule has 2 rings (SSSR count). The van der Waals surface area contributed by atoms with Crippen molar-refractivity contribution in [1.29, 1.82) is 0 Å². The Kier molecular flexibility index (Phi) is 3.42. The van der Waals surface area contributed by atoms with Crippen molar-refractivity contribution in [2.45, 2.75) is 20.4 Å². The summed E-state index contributed by atoms with van der Waals surface area (Å²) in [7, 11) is 0. The highest BCUT2D eigenvalue weighted by atomic mass is 19.1. The van der Waals surface area contributed by atoms with Gasteiger partial charge in [-0.25, -0.2) is 9.37 Å². The first-order chi connectivity index (χ1) is 8.18. The standard InChI is InChI=1S/C13H16FN3/c1-10-11(2)17(9-16-10)8-7-15-13-6-4-3-5-12(13)14/h3-6,9,15H,7-8H2,1-2H3. The Bertz CT molecular complexity index is 505. The molecule has 0 bridgehead atoms. The van der Waals surface area contributed by atoms with Crippen molar-refractivity contribution in [3.63, 3.8) is 0 Å². The van der Waals surface area contributed by atoms with Crippen LogP contribution in [0.3, 0.4) is 0 Å². The van der Waals surface area contributed by atoms with Gasteiger partial charge in [-0.05, 0) is 26.0 Å². The summed E-state index contributed by atoms with van der Waals surface area (Å²) in [6.07, 6.45) is 1.81. The van der Waals surface area contributed by atoms with E-state index in [1.165, 1.54) is 6.07 Å². The Morgan fingerprint density at radius 1 is 1.29 bits per heavy atom. The molecule has 2 aromatic rings. The van der Waals surface area contributed by atoms with Crippen molar-refractivity contribution in [2.24, 2.45) is 0 Å². The summed E-state index contributed by atoms with van der Waals surface area (Å²) >= 11 is 0. The second-order valence-corrected chi connectivity index (χ2v) is 4.02. The summed E-state index contributed by atoms with van der Waals surface area (Å²) in [6.45, 7) is 5.47. The molecule has 0 saturated heterocycles. The third-order valence-corrected chi connectivity index (χ3v) is 2.89. The number of hydrogen-bond acceptors (Lipinski definition) is 2. The zero-order chi connectivity index (χ0) is 12.3. The van der Waals surface area contributed by atoms with Gasteiger partial charge in [0.15, 0.2) is 0 Å². The van der Waals surface area contributed by atoms with Gasteiger partial charge in [0.1, 0.15) is 5.82 Å². The lowest BCUT2D eigenvalue weighted by Gasteiger charge is -2.09. The van der Waals surface area contributed by atoms with Crippen molar-refractivity contribution >= 4 is 5.69 Å². The molecule has 0 unspecified atom stereocenters. The second-order valence-electron chi connectivity index (χ2n) is 4.02. The van der Waals surface area contributed by atoms with Gasteiger partial charge in [-0.3, -0.25) is 0 Å². The minimum atomic E-state index is -0.217. The molecule has 3 nitrogen and oxygen atoms in total. The van der Waals surface area contributed by atoms with Gasteiger partial charge in [-0.15, -0.1) is 0 Å². The number of rotatable bonds is 4. The molecule has 1 N–H and O–H groups in total. The van der Waals surface area contributed by atoms with Crippen LogP contribution in [-0.4, -0.2) is 16.1 Å². The molecule has 90 valence electrons. The number of aromatic nitrogens is 2. The van der Waals surface area contributed by atoms with Gasteiger partial charge in [0.2, 0.25) is 0 Å². The highest BCUT2D eigenvalue weighted by Gasteiger charge is 2.02. The molecule has 1 aromatic heterocycles. The Hall–Kier alpha value is -1.84. The van der Waals surface area contributed by atoms with Gasteiger partial charge < -0.3 is 9.88 Å². The second kappa shape index (κ2) is 4.99. The molecule has 17 heavy (non-hydrogen) atoms. The summed E-state index contributed by atoms with van der Waals surface area (Å²) in [5, 5.41) is 3.07. The molecule has 0 saturated carbocycles. The largest absolute Gasteiger partial charge is 0.381 e. The molecule has 0 atom stereocenters. The lowest BCUT2D eigenvalue weighted by atomic mass is 10.3. The topological polar surface area (TPSA) is 29.9 Å². The quantitative estimate of drug-likeness (QED) is 0.880. The number of hydrogen-bond donors (Lipinski definition) is 1. The van der Waals surface area contributed by atoms with Crippen LogP contribution in [0.25, 0.3) is 0 Å². The molecule has 0 spiro atoms. The van der Waals surface area contributed by atoms with E-state index in [0.29, 0.717) is 12.2 Å². The first-order valence-electron chi connectivity index (χ1n) is 5.65. The van der Waals surface area contributed by atoms with Crippen molar-refractivity contribution in [2.75, 3.05) is 11.9 Å². The lowest BCUT2D eigenvalue weighted by molar-refractivity contribution is 0.627. The summed E-state index contributed by atoms with van der Waals surface area (Å²) in [5.74, 6) is -0.217. The van der Waals surface area contributed by atoms with Crippen molar-refractivity contribution in [3.05, 3.63) is 47.8 Å². The molecule has 0 radical (unpaired) electrons. The highest BCUT2D eigenvalue weighted by Crippen LogP contribution is 2.12. The van der Waals surface area contributed by atoms with Crippen molar-refractivity contribution in [3.8, 4) is 0 Å². The molecule has 0 aliphatic heterocycles. The van der Waals surface area contributed by atoms with Crippen LogP contribution in [0.5, 0.6) is 0 Å². The SMILES string of the molecule is Cc1ncn(CCNc2ccccc2F)c1C. The van der Waals surface area contributed by atoms with Crippen LogP contribution in [0.15, 0.2) is 30.6 Å². The Morgan fingerprint density at radius 3 is 2.71 bits per heavy atom. The minimum absolute atomic E-state index is 0.217. The van der Waals surface area contributed by atoms with Crippen LogP contribution in [0, 0.1) is 19.7 Å². The number of aryl methyl sites for hydroxylation is 1. The maximum absolute atomic E-state index is 13.3. The molecule has 1 heterocycles. The number of nitrogens with zero attached hydrogens (tertiary/aromatic N) is 2. The van der Waals surface area contributed by atoms with Crippen LogP contribution in [0.4, 0.5) is 10.1 Å². The van der Waals surface area contributed by atoms with E-state index in [4.69, 9.17) is 0 Å². The number of para-hydroxylation sites is 1. The van der Waals surface area contributed by atoms with Gasteiger partial charge in [-0.1, -0.05) is 12.1 Å². The normalized spacial score (nSPS) is 10.5. The predicted molar refractivity (Wildman–Crippen MR) is 66.6 cm³/mol. The average Bonchev–Trinajstić information content (AvgIpc) is 2.63. The summed E-state index contributed by atoms with van der Waals surface area (Å²) in [6, 6.07) is 6.69. The van der Waals surface area contributed by atoms with Gasteiger partial charge in [0.05, 0.1) is 17.7 Å². The van der Waals surface area contributed by atoms with E-state index in [1.807, 2.05) is 26.2 Å². The van der Waals surface area contributed by atoms with Crippen molar-refractivity contribution in [1.82, 2.24) is 9.55 Å². The Morgan fingerprint density at radius 2 is 2.06 bits per heavy atom. The van der Waals surface area contributed by atoms with Crippen LogP contribution in [0.2, 0.25) is 0 Å². The zero-order valence-electron chi connectivity index (χ0n) is 10.1. The van der Waals surface area contributed by atoms with Gasteiger partial charge in [-0.2, -0.15) is 0 Å². The molecule has 0 aliphatic rings. The smallest absolute Gasteiger partial charge is 0.146 e. The first-order valence-corrected chi connectivity index (χ1v) is 5.65. The van der Waals surface area contributed by atoms with E-state index in [2.05, 4.69) is 14.9 Å². The van der Waals surface area contributed by atoms with Crippen LogP contribution in [0.1, 0.15) is 11.4 Å². The highest BCUT2D eigenvalue weighted by molar-refractivity contribution is 5.44.